The Balaban J connectivity index is 1.77. The number of carbonyl (C=O) groups is 2. The van der Waals surface area contributed by atoms with Crippen molar-refractivity contribution < 1.29 is 14.3 Å². The van der Waals surface area contributed by atoms with Crippen LogP contribution in [0.15, 0.2) is 54.6 Å². The lowest BCUT2D eigenvalue weighted by molar-refractivity contribution is -0.125. The third-order valence-corrected chi connectivity index (χ3v) is 4.23. The first kappa shape index (κ1) is 13.0. The largest absolute Gasteiger partial charge is 0.331 e. The molecule has 0 aliphatic carbocycles. The van der Waals surface area contributed by atoms with Gasteiger partial charge in [0.05, 0.1) is 11.3 Å². The van der Waals surface area contributed by atoms with Crippen LogP contribution in [-0.2, 0) is 9.53 Å². The van der Waals surface area contributed by atoms with Crippen LogP contribution in [0.2, 0.25) is 0 Å². The number of amides is 2. The second-order valence-corrected chi connectivity index (χ2v) is 5.47. The number of benzene rings is 2. The molecule has 2 aromatic carbocycles. The molecule has 0 unspecified atom stereocenters. The van der Waals surface area contributed by atoms with Gasteiger partial charge in [0.15, 0.2) is 0 Å². The van der Waals surface area contributed by atoms with Gasteiger partial charge in [-0.1, -0.05) is 42.5 Å². The van der Waals surface area contributed by atoms with Crippen molar-refractivity contribution >= 4 is 17.5 Å². The molecule has 1 N–H and O–H groups in total. The van der Waals surface area contributed by atoms with Crippen molar-refractivity contribution in [2.24, 2.45) is 0 Å². The Hall–Kier alpha value is -2.66. The van der Waals surface area contributed by atoms with Crippen LogP contribution in [0, 0.1) is 0 Å². The monoisotopic (exact) mass is 294 g/mol. The maximum absolute atomic E-state index is 12.7. The summed E-state index contributed by atoms with van der Waals surface area (Å²) in [6.45, 7) is 0. The molecule has 2 aliphatic heterocycles. The first-order valence-electron chi connectivity index (χ1n) is 7.06. The summed E-state index contributed by atoms with van der Waals surface area (Å²) in [4.78, 5) is 26.7. The number of carbonyl (C=O) groups excluding carboxylic acids is 2. The van der Waals surface area contributed by atoms with Crippen molar-refractivity contribution in [2.75, 3.05) is 12.4 Å². The van der Waals surface area contributed by atoms with E-state index in [4.69, 9.17) is 4.74 Å². The van der Waals surface area contributed by atoms with Crippen LogP contribution in [0.3, 0.4) is 0 Å². The van der Waals surface area contributed by atoms with E-state index >= 15 is 0 Å². The summed E-state index contributed by atoms with van der Waals surface area (Å²) in [5, 5.41) is 2.81. The van der Waals surface area contributed by atoms with Gasteiger partial charge in [0.25, 0.3) is 17.5 Å². The lowest BCUT2D eigenvalue weighted by Crippen LogP contribution is -2.46. The van der Waals surface area contributed by atoms with E-state index in [1.807, 2.05) is 30.3 Å². The average Bonchev–Trinajstić information content (AvgIpc) is 3.32. The molecule has 5 nitrogen and oxygen atoms in total. The van der Waals surface area contributed by atoms with Crippen molar-refractivity contribution in [3.05, 3.63) is 65.7 Å². The number of likely N-dealkylation sites (N-methyl/N-ethyl adjacent to an activating group) is 1. The van der Waals surface area contributed by atoms with Crippen LogP contribution in [-0.4, -0.2) is 29.5 Å². The van der Waals surface area contributed by atoms with Gasteiger partial charge in [-0.3, -0.25) is 9.59 Å². The number of anilines is 1. The Morgan fingerprint density at radius 2 is 1.73 bits per heavy atom. The van der Waals surface area contributed by atoms with Crippen molar-refractivity contribution in [3.8, 4) is 0 Å². The first-order chi connectivity index (χ1) is 10.6. The number of hydrogen-bond donors (Lipinski definition) is 1. The predicted octanol–water partition coefficient (Wildman–Crippen LogP) is 2.18. The third-order valence-electron chi connectivity index (χ3n) is 4.23. The standard InChI is InChI=1S/C17H14N2O3/c1-19-15(20)12-9-5-6-10-13(12)18-16(21)17(19)14(22-17)11-7-3-2-4-8-11/h2-10,14H,1H3,(H,18,21)/t14-,17+/m0/s1. The third kappa shape index (κ3) is 1.63. The number of hydrogen-bond acceptors (Lipinski definition) is 3. The first-order valence-corrected chi connectivity index (χ1v) is 7.06. The van der Waals surface area contributed by atoms with Gasteiger partial charge in [0.2, 0.25) is 0 Å². The lowest BCUT2D eigenvalue weighted by atomic mass is 10.0. The molecule has 1 saturated heterocycles. The van der Waals surface area contributed by atoms with E-state index in [-0.39, 0.29) is 11.8 Å². The number of nitrogens with one attached hydrogen (secondary N) is 1. The molecule has 22 heavy (non-hydrogen) atoms. The summed E-state index contributed by atoms with van der Waals surface area (Å²) in [6, 6.07) is 16.4. The zero-order valence-corrected chi connectivity index (χ0v) is 11.9. The Bertz CT molecular complexity index is 774. The van der Waals surface area contributed by atoms with E-state index in [0.717, 1.165) is 5.56 Å². The summed E-state index contributed by atoms with van der Waals surface area (Å²) in [6.07, 6.45) is -0.447. The lowest BCUT2D eigenvalue weighted by Gasteiger charge is -2.21. The highest BCUT2D eigenvalue weighted by Crippen LogP contribution is 2.53. The number of para-hydroxylation sites is 1. The van der Waals surface area contributed by atoms with Gasteiger partial charge in [-0.2, -0.15) is 0 Å². The fourth-order valence-electron chi connectivity index (χ4n) is 2.97. The highest BCUT2D eigenvalue weighted by Gasteiger charge is 2.68. The Morgan fingerprint density at radius 3 is 2.50 bits per heavy atom. The zero-order valence-electron chi connectivity index (χ0n) is 11.9. The molecule has 5 heteroatoms. The minimum absolute atomic E-state index is 0.229. The smallest absolute Gasteiger partial charge is 0.281 e. The van der Waals surface area contributed by atoms with Crippen LogP contribution in [0.4, 0.5) is 5.69 Å². The molecule has 2 heterocycles. The second kappa shape index (κ2) is 4.42. The minimum Gasteiger partial charge on any atom is -0.331 e. The summed E-state index contributed by atoms with van der Waals surface area (Å²) < 4.78 is 5.73. The van der Waals surface area contributed by atoms with E-state index in [1.165, 1.54) is 4.90 Å². The van der Waals surface area contributed by atoms with Crippen molar-refractivity contribution in [2.45, 2.75) is 11.8 Å². The number of rotatable bonds is 1. The highest BCUT2D eigenvalue weighted by molar-refractivity contribution is 6.12. The predicted molar refractivity (Wildman–Crippen MR) is 80.2 cm³/mol. The van der Waals surface area contributed by atoms with Gasteiger partial charge in [-0.25, -0.2) is 0 Å². The number of fused-ring (bicyclic) bond motifs is 1. The zero-order chi connectivity index (χ0) is 15.3. The molecule has 2 atom stereocenters. The number of epoxide rings is 1. The summed E-state index contributed by atoms with van der Waals surface area (Å²) in [5.41, 5.74) is 0.599. The van der Waals surface area contributed by atoms with E-state index in [1.54, 1.807) is 31.3 Å². The Kier molecular flexibility index (Phi) is 2.62. The average molecular weight is 294 g/mol. The normalized spacial score (nSPS) is 26.4. The number of nitrogens with zero attached hydrogens (tertiary/aromatic N) is 1. The van der Waals surface area contributed by atoms with Gasteiger partial charge >= 0.3 is 0 Å². The van der Waals surface area contributed by atoms with E-state index in [0.29, 0.717) is 11.3 Å². The molecule has 0 aromatic heterocycles. The fourth-order valence-corrected chi connectivity index (χ4v) is 2.97. The van der Waals surface area contributed by atoms with Crippen LogP contribution < -0.4 is 5.32 Å². The summed E-state index contributed by atoms with van der Waals surface area (Å²) in [7, 11) is 1.60. The van der Waals surface area contributed by atoms with Crippen molar-refractivity contribution in [1.82, 2.24) is 4.90 Å². The fraction of sp³-hybridized carbons (Fsp3) is 0.176. The quantitative estimate of drug-likeness (QED) is 0.820. The van der Waals surface area contributed by atoms with Crippen LogP contribution >= 0.6 is 0 Å². The van der Waals surface area contributed by atoms with Crippen LogP contribution in [0.5, 0.6) is 0 Å². The molecule has 2 amide bonds. The van der Waals surface area contributed by atoms with Gasteiger partial charge in [-0.05, 0) is 17.7 Å². The maximum atomic E-state index is 12.7. The van der Waals surface area contributed by atoms with Crippen LogP contribution in [0.25, 0.3) is 0 Å². The molecular formula is C17H14N2O3. The molecule has 110 valence electrons. The van der Waals surface area contributed by atoms with Gasteiger partial charge in [-0.15, -0.1) is 0 Å². The molecule has 0 saturated carbocycles. The van der Waals surface area contributed by atoms with E-state index in [9.17, 15) is 9.59 Å². The minimum atomic E-state index is -1.27. The molecule has 4 rings (SSSR count). The molecule has 1 spiro atoms. The van der Waals surface area contributed by atoms with E-state index in [2.05, 4.69) is 5.32 Å². The molecule has 0 radical (unpaired) electrons. The molecule has 0 bridgehead atoms. The SMILES string of the molecule is CN1C(=O)c2ccccc2NC(=O)[C@@]12O[C@H]2c1ccccc1. The second-order valence-electron chi connectivity index (χ2n) is 5.47. The van der Waals surface area contributed by atoms with E-state index < -0.39 is 11.8 Å². The molecule has 2 aromatic rings. The Labute approximate surface area is 127 Å². The summed E-state index contributed by atoms with van der Waals surface area (Å²) >= 11 is 0. The van der Waals surface area contributed by atoms with Gasteiger partial charge < -0.3 is 15.0 Å². The topological polar surface area (TPSA) is 61.9 Å². The molecule has 2 aliphatic rings. The van der Waals surface area contributed by atoms with Gasteiger partial charge in [0, 0.05) is 7.05 Å². The van der Waals surface area contributed by atoms with Gasteiger partial charge in [0.1, 0.15) is 6.10 Å². The highest BCUT2D eigenvalue weighted by atomic mass is 16.6. The van der Waals surface area contributed by atoms with Crippen molar-refractivity contribution in [3.63, 3.8) is 0 Å². The van der Waals surface area contributed by atoms with Crippen LogP contribution in [0.1, 0.15) is 22.0 Å². The van der Waals surface area contributed by atoms with Crippen molar-refractivity contribution in [1.29, 1.82) is 0 Å². The summed E-state index contributed by atoms with van der Waals surface area (Å²) in [5.74, 6) is -0.547. The maximum Gasteiger partial charge on any atom is 0.281 e. The Morgan fingerprint density at radius 1 is 1.05 bits per heavy atom. The molecular weight excluding hydrogens is 280 g/mol. The number of ether oxygens (including phenoxy) is 1. The molecule has 1 fully saturated rings.